The molecule has 0 saturated heterocycles. The van der Waals surface area contributed by atoms with Crippen molar-refractivity contribution in [1.29, 1.82) is 0 Å². The summed E-state index contributed by atoms with van der Waals surface area (Å²) in [6.45, 7) is 8.10. The lowest BCUT2D eigenvalue weighted by Crippen LogP contribution is -2.51. The van der Waals surface area contributed by atoms with Gasteiger partial charge >= 0.3 is 0 Å². The lowest BCUT2D eigenvalue weighted by molar-refractivity contribution is 0.175. The topological polar surface area (TPSA) is 12.0 Å². The Bertz CT molecular complexity index is 476. The van der Waals surface area contributed by atoms with Gasteiger partial charge in [0.05, 0.1) is 10.0 Å². The predicted molar refractivity (Wildman–Crippen MR) is 95.8 cm³/mol. The van der Waals surface area contributed by atoms with Crippen LogP contribution in [0, 0.1) is 5.41 Å². The standard InChI is InChI=1S/C17H25Cl2NS/c1-4-10-20-16-15(6-5-9-17(16,2)3)21-12-7-8-13(18)14(19)11-12/h7-8,11,15-16,20H,4-6,9-10H2,1-3H3. The minimum atomic E-state index is 0.349. The van der Waals surface area contributed by atoms with Crippen LogP contribution in [0.15, 0.2) is 23.1 Å². The average Bonchev–Trinajstić information content (AvgIpc) is 2.42. The molecular weight excluding hydrogens is 321 g/mol. The number of nitrogens with one attached hydrogen (secondary N) is 1. The Hall–Kier alpha value is 0.110. The molecule has 1 saturated carbocycles. The molecule has 1 aromatic carbocycles. The molecule has 1 fully saturated rings. The fourth-order valence-electron chi connectivity index (χ4n) is 3.14. The Balaban J connectivity index is 2.12. The molecule has 0 aromatic heterocycles. The maximum absolute atomic E-state index is 6.15. The number of thioether (sulfide) groups is 1. The molecule has 0 radical (unpaired) electrons. The fourth-order valence-corrected chi connectivity index (χ4v) is 5.07. The second kappa shape index (κ2) is 7.59. The minimum Gasteiger partial charge on any atom is -0.312 e. The third kappa shape index (κ3) is 4.54. The average molecular weight is 346 g/mol. The molecule has 0 bridgehead atoms. The summed E-state index contributed by atoms with van der Waals surface area (Å²) in [5.41, 5.74) is 0.349. The van der Waals surface area contributed by atoms with Gasteiger partial charge in [0.15, 0.2) is 0 Å². The molecule has 1 nitrogen and oxygen atoms in total. The highest BCUT2D eigenvalue weighted by molar-refractivity contribution is 8.00. The number of hydrogen-bond acceptors (Lipinski definition) is 2. The van der Waals surface area contributed by atoms with E-state index in [1.54, 1.807) is 0 Å². The first kappa shape index (κ1) is 17.5. The Morgan fingerprint density at radius 3 is 2.71 bits per heavy atom. The summed E-state index contributed by atoms with van der Waals surface area (Å²) < 4.78 is 0. The smallest absolute Gasteiger partial charge is 0.0603 e. The molecule has 0 aliphatic heterocycles. The van der Waals surface area contributed by atoms with Crippen molar-refractivity contribution in [3.63, 3.8) is 0 Å². The lowest BCUT2D eigenvalue weighted by atomic mass is 9.73. The zero-order valence-corrected chi connectivity index (χ0v) is 15.4. The zero-order valence-electron chi connectivity index (χ0n) is 13.1. The molecule has 1 aliphatic rings. The fraction of sp³-hybridized carbons (Fsp3) is 0.647. The van der Waals surface area contributed by atoms with E-state index in [9.17, 15) is 0 Å². The van der Waals surface area contributed by atoms with Gasteiger partial charge < -0.3 is 5.32 Å². The van der Waals surface area contributed by atoms with Gasteiger partial charge in [-0.25, -0.2) is 0 Å². The Kier molecular flexibility index (Phi) is 6.31. The number of benzene rings is 1. The highest BCUT2D eigenvalue weighted by Gasteiger charge is 2.38. The molecule has 1 aromatic rings. The van der Waals surface area contributed by atoms with Gasteiger partial charge in [0.2, 0.25) is 0 Å². The first-order chi connectivity index (χ1) is 9.94. The third-order valence-corrected chi connectivity index (χ3v) is 6.39. The van der Waals surface area contributed by atoms with Gasteiger partial charge in [-0.3, -0.25) is 0 Å². The molecule has 4 heteroatoms. The zero-order chi connectivity index (χ0) is 15.5. The van der Waals surface area contributed by atoms with Crippen LogP contribution in [-0.2, 0) is 0 Å². The molecule has 2 atom stereocenters. The highest BCUT2D eigenvalue weighted by atomic mass is 35.5. The van der Waals surface area contributed by atoms with Crippen LogP contribution in [0.25, 0.3) is 0 Å². The summed E-state index contributed by atoms with van der Waals surface area (Å²) in [5, 5.41) is 5.65. The van der Waals surface area contributed by atoms with Crippen LogP contribution in [-0.4, -0.2) is 17.8 Å². The first-order valence-corrected chi connectivity index (χ1v) is 9.42. The van der Waals surface area contributed by atoms with E-state index in [1.165, 1.54) is 30.6 Å². The van der Waals surface area contributed by atoms with Crippen LogP contribution in [0.5, 0.6) is 0 Å². The van der Waals surface area contributed by atoms with E-state index in [0.29, 0.717) is 26.8 Å². The van der Waals surface area contributed by atoms with Crippen LogP contribution in [0.2, 0.25) is 10.0 Å². The largest absolute Gasteiger partial charge is 0.312 e. The number of rotatable bonds is 5. The van der Waals surface area contributed by atoms with Crippen molar-refractivity contribution >= 4 is 35.0 Å². The van der Waals surface area contributed by atoms with Crippen LogP contribution < -0.4 is 5.32 Å². The third-order valence-electron chi connectivity index (χ3n) is 4.32. The molecule has 0 heterocycles. The van der Waals surface area contributed by atoms with Crippen molar-refractivity contribution in [1.82, 2.24) is 5.32 Å². The maximum atomic E-state index is 6.15. The monoisotopic (exact) mass is 345 g/mol. The van der Waals surface area contributed by atoms with E-state index in [4.69, 9.17) is 23.2 Å². The number of halogens is 2. The summed E-state index contributed by atoms with van der Waals surface area (Å²) in [6.07, 6.45) is 5.04. The maximum Gasteiger partial charge on any atom is 0.0603 e. The molecule has 118 valence electrons. The van der Waals surface area contributed by atoms with Crippen LogP contribution in [0.1, 0.15) is 46.5 Å². The van der Waals surface area contributed by atoms with Gasteiger partial charge in [-0.1, -0.05) is 50.4 Å². The van der Waals surface area contributed by atoms with E-state index in [1.807, 2.05) is 23.9 Å². The van der Waals surface area contributed by atoms with Crippen molar-refractivity contribution in [2.24, 2.45) is 5.41 Å². The van der Waals surface area contributed by atoms with E-state index in [-0.39, 0.29) is 0 Å². The summed E-state index contributed by atoms with van der Waals surface area (Å²) in [7, 11) is 0. The Labute approximate surface area is 143 Å². The summed E-state index contributed by atoms with van der Waals surface area (Å²) in [6, 6.07) is 6.52. The predicted octanol–water partition coefficient (Wildman–Crippen LogP) is 6.03. The quantitative estimate of drug-likeness (QED) is 0.698. The van der Waals surface area contributed by atoms with Crippen molar-refractivity contribution < 1.29 is 0 Å². The molecule has 2 unspecified atom stereocenters. The van der Waals surface area contributed by atoms with Crippen molar-refractivity contribution in [2.45, 2.75) is 62.6 Å². The van der Waals surface area contributed by atoms with Gasteiger partial charge in [-0.2, -0.15) is 0 Å². The normalized spacial score (nSPS) is 25.0. The van der Waals surface area contributed by atoms with Gasteiger partial charge in [0.1, 0.15) is 0 Å². The van der Waals surface area contributed by atoms with Gasteiger partial charge in [-0.05, 0) is 49.4 Å². The van der Waals surface area contributed by atoms with E-state index in [0.717, 1.165) is 6.54 Å². The van der Waals surface area contributed by atoms with Crippen LogP contribution in [0.4, 0.5) is 0 Å². The molecule has 0 spiro atoms. The molecule has 1 aliphatic carbocycles. The lowest BCUT2D eigenvalue weighted by Gasteiger charge is -2.44. The highest BCUT2D eigenvalue weighted by Crippen LogP contribution is 2.43. The van der Waals surface area contributed by atoms with Crippen LogP contribution in [0.3, 0.4) is 0 Å². The molecule has 21 heavy (non-hydrogen) atoms. The van der Waals surface area contributed by atoms with Gasteiger partial charge in [0, 0.05) is 16.2 Å². The second-order valence-corrected chi connectivity index (χ2v) is 8.67. The van der Waals surface area contributed by atoms with E-state index in [2.05, 4.69) is 32.2 Å². The Morgan fingerprint density at radius 2 is 2.05 bits per heavy atom. The first-order valence-electron chi connectivity index (χ1n) is 7.79. The SMILES string of the molecule is CCCNC1C(Sc2ccc(Cl)c(Cl)c2)CCCC1(C)C. The summed E-state index contributed by atoms with van der Waals surface area (Å²) in [5.74, 6) is 0. The molecular formula is C17H25Cl2NS. The summed E-state index contributed by atoms with van der Waals surface area (Å²) in [4.78, 5) is 1.22. The molecule has 1 N–H and O–H groups in total. The minimum absolute atomic E-state index is 0.349. The number of hydrogen-bond donors (Lipinski definition) is 1. The van der Waals surface area contributed by atoms with Crippen LogP contribution >= 0.6 is 35.0 Å². The molecule has 2 rings (SSSR count). The van der Waals surface area contributed by atoms with Crippen molar-refractivity contribution in [3.05, 3.63) is 28.2 Å². The van der Waals surface area contributed by atoms with Gasteiger partial charge in [0.25, 0.3) is 0 Å². The van der Waals surface area contributed by atoms with E-state index >= 15 is 0 Å². The second-order valence-electron chi connectivity index (χ2n) is 6.54. The van der Waals surface area contributed by atoms with E-state index < -0.39 is 0 Å². The molecule has 0 amide bonds. The van der Waals surface area contributed by atoms with Gasteiger partial charge in [-0.15, -0.1) is 11.8 Å². The summed E-state index contributed by atoms with van der Waals surface area (Å²) >= 11 is 14.1. The van der Waals surface area contributed by atoms with Crippen molar-refractivity contribution in [2.75, 3.05) is 6.54 Å². The van der Waals surface area contributed by atoms with Crippen molar-refractivity contribution in [3.8, 4) is 0 Å². The Morgan fingerprint density at radius 1 is 1.29 bits per heavy atom.